The number of hydrogen-bond acceptors (Lipinski definition) is 4. The number of thioether (sulfide) groups is 2. The number of halogens is 2. The summed E-state index contributed by atoms with van der Waals surface area (Å²) in [6.07, 6.45) is 0. The summed E-state index contributed by atoms with van der Waals surface area (Å²) in [7, 11) is 0. The standard InChI is InChI=1S/C12H11N5O2S2.2ClH/c13-11(14)20-7-8(21-12(15)16)10(19)17(9(7)18)6-4-2-1-3-5-6;;/h1-5H,(H3,13,14)(H3,15,16);2*1H. The van der Waals surface area contributed by atoms with Crippen molar-refractivity contribution in [2.45, 2.75) is 0 Å². The summed E-state index contributed by atoms with van der Waals surface area (Å²) in [5, 5.41) is 10.7. The van der Waals surface area contributed by atoms with Gasteiger partial charge in [0, 0.05) is 23.5 Å². The summed E-state index contributed by atoms with van der Waals surface area (Å²) < 4.78 is 0. The Kier molecular flexibility index (Phi) is 8.18. The maximum absolute atomic E-state index is 12.4. The zero-order valence-corrected chi connectivity index (χ0v) is 14.7. The highest BCUT2D eigenvalue weighted by Crippen LogP contribution is 2.37. The quantitative estimate of drug-likeness (QED) is 0.228. The number of amidine groups is 2. The van der Waals surface area contributed by atoms with Crippen LogP contribution >= 0.6 is 23.5 Å². The van der Waals surface area contributed by atoms with Crippen molar-refractivity contribution in [3.63, 3.8) is 0 Å². The van der Waals surface area contributed by atoms with Crippen molar-refractivity contribution in [1.29, 1.82) is 0 Å². The second kappa shape index (κ2) is 8.82. The van der Waals surface area contributed by atoms with Crippen LogP contribution in [0.4, 0.5) is 5.69 Å². The zero-order valence-electron chi connectivity index (χ0n) is 11.5. The average Bonchev–Trinajstić information content (AvgIpc) is 2.63. The third-order valence-corrected chi connectivity index (χ3v) is 4.22. The monoisotopic (exact) mass is 393 g/mol. The molecule has 2 amide bonds. The largest absolute Gasteiger partial charge is 1.00 e. The van der Waals surface area contributed by atoms with Gasteiger partial charge in [-0.15, -0.1) is 0 Å². The zero-order chi connectivity index (χ0) is 15.6. The highest BCUT2D eigenvalue weighted by molar-refractivity contribution is 8.21. The minimum Gasteiger partial charge on any atom is -1.00 e. The molecule has 0 atom stereocenters. The first-order valence-electron chi connectivity index (χ1n) is 5.71. The minimum absolute atomic E-state index is 0. The van der Waals surface area contributed by atoms with E-state index in [1.807, 2.05) is 0 Å². The number of para-hydroxylation sites is 1. The first-order chi connectivity index (χ1) is 9.91. The number of benzene rings is 1. The molecule has 1 aromatic rings. The van der Waals surface area contributed by atoms with Gasteiger partial charge in [-0.25, -0.2) is 4.90 Å². The Bertz CT molecular complexity index is 643. The van der Waals surface area contributed by atoms with Gasteiger partial charge in [0.05, 0.1) is 5.69 Å². The van der Waals surface area contributed by atoms with Gasteiger partial charge in [0.1, 0.15) is 9.81 Å². The van der Waals surface area contributed by atoms with E-state index in [2.05, 4.69) is 0 Å². The summed E-state index contributed by atoms with van der Waals surface area (Å²) in [5.41, 5.74) is 11.3. The molecule has 1 heterocycles. The predicted molar refractivity (Wildman–Crippen MR) is 83.4 cm³/mol. The third kappa shape index (κ3) is 4.64. The first kappa shape index (κ1) is 21.3. The number of rotatable bonds is 3. The van der Waals surface area contributed by atoms with Crippen LogP contribution in [0.1, 0.15) is 0 Å². The van der Waals surface area contributed by atoms with E-state index in [9.17, 15) is 9.59 Å². The Balaban J connectivity index is 0.00000242. The molecule has 0 spiro atoms. The Labute approximate surface area is 153 Å². The number of carbonyl (C=O) groups is 2. The molecule has 124 valence electrons. The third-order valence-electron chi connectivity index (χ3n) is 2.46. The van der Waals surface area contributed by atoms with Gasteiger partial charge in [0.15, 0.2) is 0 Å². The topological polar surface area (TPSA) is 141 Å². The smallest absolute Gasteiger partial charge is 0.304 e. The van der Waals surface area contributed by atoms with E-state index in [1.165, 1.54) is 0 Å². The van der Waals surface area contributed by atoms with Crippen molar-refractivity contribution in [1.82, 2.24) is 0 Å². The number of carbonyl (C=O) groups excluding carboxylic acids is 2. The molecule has 1 aliphatic rings. The van der Waals surface area contributed by atoms with Gasteiger partial charge in [-0.1, -0.05) is 18.2 Å². The SMILES string of the molecule is NC(=[NH2+])SC1=C(SC(N)=[NH2+])C(=O)N(c2ccccc2)C1=O.[Cl-].[Cl-]. The summed E-state index contributed by atoms with van der Waals surface area (Å²) in [6.45, 7) is 0. The van der Waals surface area contributed by atoms with E-state index >= 15 is 0 Å². The van der Waals surface area contributed by atoms with Crippen LogP contribution in [0.25, 0.3) is 0 Å². The van der Waals surface area contributed by atoms with Gasteiger partial charge in [-0.2, -0.15) is 0 Å². The van der Waals surface area contributed by atoms with Gasteiger partial charge < -0.3 is 24.8 Å². The van der Waals surface area contributed by atoms with Crippen LogP contribution in [0.15, 0.2) is 40.1 Å². The molecule has 0 bridgehead atoms. The van der Waals surface area contributed by atoms with E-state index in [4.69, 9.17) is 22.3 Å². The number of imide groups is 1. The average molecular weight is 394 g/mol. The van der Waals surface area contributed by atoms with E-state index in [1.54, 1.807) is 30.3 Å². The predicted octanol–water partition coefficient (Wildman–Crippen LogP) is -8.61. The molecule has 0 unspecified atom stereocenters. The van der Waals surface area contributed by atoms with Crippen LogP contribution in [0.2, 0.25) is 0 Å². The van der Waals surface area contributed by atoms with Crippen LogP contribution < -0.4 is 52.0 Å². The summed E-state index contributed by atoms with van der Waals surface area (Å²) >= 11 is 1.63. The summed E-state index contributed by atoms with van der Waals surface area (Å²) in [4.78, 5) is 26.1. The summed E-state index contributed by atoms with van der Waals surface area (Å²) in [6, 6.07) is 8.53. The fraction of sp³-hybridized carbons (Fsp3) is 0. The van der Waals surface area contributed by atoms with Gasteiger partial charge in [-0.05, 0) is 12.1 Å². The van der Waals surface area contributed by atoms with Crippen molar-refractivity contribution < 1.29 is 45.2 Å². The molecule has 0 saturated carbocycles. The second-order valence-electron chi connectivity index (χ2n) is 3.95. The normalized spacial score (nSPS) is 13.5. The van der Waals surface area contributed by atoms with Crippen LogP contribution in [-0.4, -0.2) is 22.1 Å². The van der Waals surface area contributed by atoms with Gasteiger partial charge >= 0.3 is 10.3 Å². The van der Waals surface area contributed by atoms with E-state index in [0.29, 0.717) is 5.69 Å². The molecule has 0 aromatic heterocycles. The lowest BCUT2D eigenvalue weighted by Gasteiger charge is -2.14. The van der Waals surface area contributed by atoms with Crippen LogP contribution in [-0.2, 0) is 9.59 Å². The molecule has 0 aliphatic carbocycles. The van der Waals surface area contributed by atoms with Gasteiger partial charge in [0.2, 0.25) is 0 Å². The number of amides is 2. The van der Waals surface area contributed by atoms with Crippen LogP contribution in [0, 0.1) is 0 Å². The fourth-order valence-electron chi connectivity index (χ4n) is 1.72. The lowest BCUT2D eigenvalue weighted by atomic mass is 10.3. The molecule has 11 heteroatoms. The number of anilines is 1. The molecule has 0 saturated heterocycles. The van der Waals surface area contributed by atoms with Crippen LogP contribution in [0.5, 0.6) is 0 Å². The van der Waals surface area contributed by atoms with Crippen molar-refractivity contribution in [3.05, 3.63) is 40.1 Å². The lowest BCUT2D eigenvalue weighted by molar-refractivity contribution is -0.120. The van der Waals surface area contributed by atoms with E-state index < -0.39 is 11.8 Å². The van der Waals surface area contributed by atoms with E-state index in [-0.39, 0.29) is 45.0 Å². The van der Waals surface area contributed by atoms with Crippen molar-refractivity contribution in [2.24, 2.45) is 11.5 Å². The van der Waals surface area contributed by atoms with Crippen molar-refractivity contribution in [3.8, 4) is 0 Å². The molecule has 0 fully saturated rings. The van der Waals surface area contributed by atoms with Crippen molar-refractivity contribution >= 4 is 51.4 Å². The molecule has 8 N–H and O–H groups in total. The number of nitrogens with zero attached hydrogens (tertiary/aromatic N) is 1. The van der Waals surface area contributed by atoms with Gasteiger partial charge in [0.25, 0.3) is 11.8 Å². The Hall–Kier alpha value is -1.68. The minimum atomic E-state index is -0.506. The molecule has 1 aliphatic heterocycles. The lowest BCUT2D eigenvalue weighted by Crippen LogP contribution is -3.00. The van der Waals surface area contributed by atoms with Crippen LogP contribution in [0.3, 0.4) is 0 Å². The molecule has 23 heavy (non-hydrogen) atoms. The maximum atomic E-state index is 12.4. The Morgan fingerprint density at radius 2 is 1.26 bits per heavy atom. The maximum Gasteiger partial charge on any atom is 0.304 e. The molecular formula is C12H13Cl2N5O2S2. The van der Waals surface area contributed by atoms with Crippen molar-refractivity contribution in [2.75, 3.05) is 4.90 Å². The fourth-order valence-corrected chi connectivity index (χ4v) is 3.16. The number of hydrogen-bond donors (Lipinski definition) is 4. The molecular weight excluding hydrogens is 381 g/mol. The van der Waals surface area contributed by atoms with E-state index in [0.717, 1.165) is 28.4 Å². The molecule has 0 radical (unpaired) electrons. The molecule has 2 rings (SSSR count). The Morgan fingerprint density at radius 1 is 0.870 bits per heavy atom. The second-order valence-corrected chi connectivity index (χ2v) is 6.12. The highest BCUT2D eigenvalue weighted by Gasteiger charge is 2.42. The molecule has 7 nitrogen and oxygen atoms in total. The first-order valence-corrected chi connectivity index (χ1v) is 7.34. The number of nitrogens with two attached hydrogens (primary N) is 4. The Morgan fingerprint density at radius 3 is 1.61 bits per heavy atom. The molecule has 1 aromatic carbocycles. The highest BCUT2D eigenvalue weighted by atomic mass is 35.5. The van der Waals surface area contributed by atoms with Gasteiger partial charge in [-0.3, -0.25) is 31.9 Å². The summed E-state index contributed by atoms with van der Waals surface area (Å²) in [5.74, 6) is -1.01.